The van der Waals surface area contributed by atoms with Crippen LogP contribution >= 0.6 is 47.8 Å². The van der Waals surface area contributed by atoms with Crippen molar-refractivity contribution < 1.29 is 19.1 Å². The number of rotatable bonds is 7. The minimum atomic E-state index is -0.436. The van der Waals surface area contributed by atoms with Crippen LogP contribution in [0, 0.1) is 0 Å². The molecular formula is C13H14Br3NO4. The molecule has 8 heteroatoms. The lowest BCUT2D eigenvalue weighted by Gasteiger charge is -2.09. The fourth-order valence-corrected chi connectivity index (χ4v) is 2.78. The summed E-state index contributed by atoms with van der Waals surface area (Å²) < 4.78 is 12.3. The summed E-state index contributed by atoms with van der Waals surface area (Å²) in [5, 5.41) is 2.95. The second-order valence-corrected chi connectivity index (χ2v) is 6.38. The zero-order valence-corrected chi connectivity index (χ0v) is 16.0. The average Bonchev–Trinajstić information content (AvgIpc) is 2.42. The van der Waals surface area contributed by atoms with Crippen molar-refractivity contribution >= 4 is 65.4 Å². The first-order valence-corrected chi connectivity index (χ1v) is 8.51. The van der Waals surface area contributed by atoms with Gasteiger partial charge in [-0.3, -0.25) is 9.59 Å². The van der Waals surface area contributed by atoms with Gasteiger partial charge in [-0.15, -0.1) is 0 Å². The van der Waals surface area contributed by atoms with Gasteiger partial charge in [-0.1, -0.05) is 0 Å². The first-order valence-electron chi connectivity index (χ1n) is 6.13. The molecule has 0 aliphatic carbocycles. The molecule has 0 heterocycles. The number of ether oxygens (including phenoxy) is 2. The Balaban J connectivity index is 2.35. The van der Waals surface area contributed by atoms with E-state index in [1.54, 1.807) is 6.92 Å². The molecule has 0 aliphatic heterocycles. The van der Waals surface area contributed by atoms with Gasteiger partial charge in [0.05, 0.1) is 13.0 Å². The van der Waals surface area contributed by atoms with E-state index in [9.17, 15) is 9.59 Å². The zero-order chi connectivity index (χ0) is 15.8. The molecule has 116 valence electrons. The van der Waals surface area contributed by atoms with Crippen LogP contribution in [0.4, 0.5) is 5.69 Å². The summed E-state index contributed by atoms with van der Waals surface area (Å²) in [6, 6.07) is 3.67. The van der Waals surface area contributed by atoms with Crippen LogP contribution in [-0.2, 0) is 19.1 Å². The van der Waals surface area contributed by atoms with Gasteiger partial charge >= 0.3 is 11.9 Å². The third-order valence-corrected chi connectivity index (χ3v) is 5.46. The molecule has 1 aromatic rings. The molecule has 0 radical (unpaired) electrons. The lowest BCUT2D eigenvalue weighted by Crippen LogP contribution is -2.19. The van der Waals surface area contributed by atoms with Crippen molar-refractivity contribution in [2.75, 3.05) is 25.1 Å². The van der Waals surface area contributed by atoms with Crippen LogP contribution in [0.2, 0.25) is 0 Å². The molecule has 0 atom stereocenters. The van der Waals surface area contributed by atoms with Gasteiger partial charge in [0, 0.05) is 19.1 Å². The molecule has 0 aromatic heterocycles. The predicted octanol–water partition coefficient (Wildman–Crippen LogP) is 3.88. The number of carbonyl (C=O) groups is 2. The van der Waals surface area contributed by atoms with E-state index in [1.165, 1.54) is 0 Å². The second kappa shape index (κ2) is 9.42. The van der Waals surface area contributed by atoms with Crippen molar-refractivity contribution in [3.8, 4) is 0 Å². The highest BCUT2D eigenvalue weighted by Crippen LogP contribution is 2.33. The first kappa shape index (κ1) is 18.4. The molecule has 0 unspecified atom stereocenters. The van der Waals surface area contributed by atoms with E-state index in [0.29, 0.717) is 6.61 Å². The molecule has 0 amide bonds. The fraction of sp³-hybridized carbons (Fsp3) is 0.385. The Morgan fingerprint density at radius 1 is 1.10 bits per heavy atom. The molecule has 1 N–H and O–H groups in total. The van der Waals surface area contributed by atoms with Crippen LogP contribution in [0.25, 0.3) is 0 Å². The Bertz CT molecular complexity index is 499. The Labute approximate surface area is 148 Å². The molecular weight excluding hydrogens is 474 g/mol. The smallest absolute Gasteiger partial charge is 0.325 e. The summed E-state index contributed by atoms with van der Waals surface area (Å²) in [5.41, 5.74) is 0.763. The first-order chi connectivity index (χ1) is 9.93. The quantitative estimate of drug-likeness (QED) is 0.467. The lowest BCUT2D eigenvalue weighted by atomic mass is 10.3. The minimum Gasteiger partial charge on any atom is -0.466 e. The molecule has 0 aliphatic rings. The predicted molar refractivity (Wildman–Crippen MR) is 90.2 cm³/mol. The maximum Gasteiger partial charge on any atom is 0.325 e. The highest BCUT2D eigenvalue weighted by molar-refractivity contribution is 9.14. The molecule has 0 saturated heterocycles. The summed E-state index contributed by atoms with van der Waals surface area (Å²) in [5.74, 6) is -0.812. The van der Waals surface area contributed by atoms with Crippen LogP contribution < -0.4 is 5.32 Å². The van der Waals surface area contributed by atoms with Gasteiger partial charge < -0.3 is 14.8 Å². The van der Waals surface area contributed by atoms with Crippen LogP contribution in [-0.4, -0.2) is 31.7 Å². The maximum absolute atomic E-state index is 11.5. The number of carbonyl (C=O) groups excluding carboxylic acids is 2. The SMILES string of the molecule is CCOC(=O)CCOC(=O)CNc1cc(Br)c(Br)c(Br)c1. The van der Waals surface area contributed by atoms with Gasteiger partial charge in [0.1, 0.15) is 13.2 Å². The monoisotopic (exact) mass is 485 g/mol. The van der Waals surface area contributed by atoms with Crippen molar-refractivity contribution in [3.05, 3.63) is 25.6 Å². The van der Waals surface area contributed by atoms with Gasteiger partial charge in [0.15, 0.2) is 0 Å². The van der Waals surface area contributed by atoms with E-state index in [-0.39, 0.29) is 25.5 Å². The van der Waals surface area contributed by atoms with E-state index in [0.717, 1.165) is 19.1 Å². The summed E-state index contributed by atoms with van der Waals surface area (Å²) in [6.07, 6.45) is 0.0644. The number of halogens is 3. The van der Waals surface area contributed by atoms with Gasteiger partial charge in [-0.25, -0.2) is 0 Å². The van der Waals surface area contributed by atoms with E-state index >= 15 is 0 Å². The van der Waals surface area contributed by atoms with Crippen LogP contribution in [0.1, 0.15) is 13.3 Å². The summed E-state index contributed by atoms with van der Waals surface area (Å²) in [6.45, 7) is 2.08. The van der Waals surface area contributed by atoms with Crippen molar-refractivity contribution in [2.45, 2.75) is 13.3 Å². The number of anilines is 1. The van der Waals surface area contributed by atoms with Crippen molar-refractivity contribution in [1.82, 2.24) is 0 Å². The highest BCUT2D eigenvalue weighted by atomic mass is 79.9. The van der Waals surface area contributed by atoms with E-state index in [2.05, 4.69) is 53.1 Å². The minimum absolute atomic E-state index is 0.0172. The number of esters is 2. The number of hydrogen-bond donors (Lipinski definition) is 1. The third-order valence-electron chi connectivity index (χ3n) is 2.30. The van der Waals surface area contributed by atoms with E-state index in [4.69, 9.17) is 9.47 Å². The Morgan fingerprint density at radius 2 is 1.71 bits per heavy atom. The molecule has 0 fully saturated rings. The van der Waals surface area contributed by atoms with Crippen LogP contribution in [0.3, 0.4) is 0 Å². The van der Waals surface area contributed by atoms with Crippen LogP contribution in [0.5, 0.6) is 0 Å². The molecule has 21 heavy (non-hydrogen) atoms. The van der Waals surface area contributed by atoms with Gasteiger partial charge in [0.25, 0.3) is 0 Å². The highest BCUT2D eigenvalue weighted by Gasteiger charge is 2.08. The van der Waals surface area contributed by atoms with Gasteiger partial charge in [0.2, 0.25) is 0 Å². The van der Waals surface area contributed by atoms with Gasteiger partial charge in [-0.2, -0.15) is 0 Å². The fourth-order valence-electron chi connectivity index (χ4n) is 1.36. The topological polar surface area (TPSA) is 64.6 Å². The molecule has 0 saturated carbocycles. The number of benzene rings is 1. The molecule has 0 spiro atoms. The van der Waals surface area contributed by atoms with Gasteiger partial charge in [-0.05, 0) is 66.8 Å². The van der Waals surface area contributed by atoms with E-state index in [1.807, 2.05) is 12.1 Å². The Hall–Kier alpha value is -0.600. The molecule has 0 bridgehead atoms. The third kappa shape index (κ3) is 6.80. The average molecular weight is 488 g/mol. The molecule has 5 nitrogen and oxygen atoms in total. The van der Waals surface area contributed by atoms with E-state index < -0.39 is 5.97 Å². The number of nitrogens with one attached hydrogen (secondary N) is 1. The Kier molecular flexibility index (Phi) is 8.28. The Morgan fingerprint density at radius 3 is 2.29 bits per heavy atom. The normalized spacial score (nSPS) is 10.1. The molecule has 1 rings (SSSR count). The van der Waals surface area contributed by atoms with Crippen molar-refractivity contribution in [1.29, 1.82) is 0 Å². The van der Waals surface area contributed by atoms with Crippen LogP contribution in [0.15, 0.2) is 25.6 Å². The van der Waals surface area contributed by atoms with Crippen molar-refractivity contribution in [2.24, 2.45) is 0 Å². The number of hydrogen-bond acceptors (Lipinski definition) is 5. The van der Waals surface area contributed by atoms with Crippen molar-refractivity contribution in [3.63, 3.8) is 0 Å². The lowest BCUT2D eigenvalue weighted by molar-refractivity contribution is -0.148. The summed E-state index contributed by atoms with van der Waals surface area (Å²) in [4.78, 5) is 22.6. The zero-order valence-electron chi connectivity index (χ0n) is 11.3. The standard InChI is InChI=1S/C13H14Br3NO4/c1-2-20-11(18)3-4-21-12(19)7-17-8-5-9(14)13(16)10(15)6-8/h5-6,17H,2-4,7H2,1H3. The summed E-state index contributed by atoms with van der Waals surface area (Å²) in [7, 11) is 0. The second-order valence-electron chi connectivity index (χ2n) is 3.88. The largest absolute Gasteiger partial charge is 0.466 e. The molecule has 1 aromatic carbocycles. The maximum atomic E-state index is 11.5. The summed E-state index contributed by atoms with van der Waals surface area (Å²) >= 11 is 10.2.